The van der Waals surface area contributed by atoms with Crippen LogP contribution < -0.4 is 5.32 Å². The molecule has 7 heteroatoms. The first-order valence-corrected chi connectivity index (χ1v) is 9.65. The van der Waals surface area contributed by atoms with Crippen molar-refractivity contribution in [3.8, 4) is 0 Å². The summed E-state index contributed by atoms with van der Waals surface area (Å²) in [7, 11) is 3.13. The van der Waals surface area contributed by atoms with Crippen molar-refractivity contribution in [2.75, 3.05) is 39.2 Å². The second kappa shape index (κ2) is 7.62. The summed E-state index contributed by atoms with van der Waals surface area (Å²) in [5, 5.41) is 3.06. The molecule has 0 radical (unpaired) electrons. The summed E-state index contributed by atoms with van der Waals surface area (Å²) < 4.78 is 16.0. The molecule has 1 spiro atoms. The molecule has 1 aromatic carbocycles. The normalized spacial score (nSPS) is 21.0. The summed E-state index contributed by atoms with van der Waals surface area (Å²) >= 11 is 0. The lowest BCUT2D eigenvalue weighted by atomic mass is 9.72. The third kappa shape index (κ3) is 4.09. The van der Waals surface area contributed by atoms with E-state index < -0.39 is 11.6 Å². The van der Waals surface area contributed by atoms with Gasteiger partial charge in [0.05, 0.1) is 31.9 Å². The average molecular weight is 390 g/mol. The summed E-state index contributed by atoms with van der Waals surface area (Å²) in [6.45, 7) is 7.69. The minimum Gasteiger partial charge on any atom is -0.465 e. The number of rotatable bonds is 3. The average Bonchev–Trinajstić information content (AvgIpc) is 2.63. The number of nitrogens with one attached hydrogen (secondary N) is 1. The van der Waals surface area contributed by atoms with E-state index in [0.29, 0.717) is 17.8 Å². The van der Waals surface area contributed by atoms with Crippen LogP contribution in [0.4, 0.5) is 10.5 Å². The van der Waals surface area contributed by atoms with Crippen LogP contribution in [0.1, 0.15) is 55.6 Å². The molecule has 1 N–H and O–H groups in total. The molecule has 2 heterocycles. The zero-order chi connectivity index (χ0) is 20.5. The van der Waals surface area contributed by atoms with Crippen LogP contribution in [0.3, 0.4) is 0 Å². The number of piperidine rings is 1. The summed E-state index contributed by atoms with van der Waals surface area (Å²) in [5.41, 5.74) is 1.67. The Morgan fingerprint density at radius 1 is 1.29 bits per heavy atom. The first-order chi connectivity index (χ1) is 13.2. The smallest absolute Gasteiger partial charge is 0.410 e. The Labute approximate surface area is 166 Å². The third-order valence-corrected chi connectivity index (χ3v) is 5.43. The van der Waals surface area contributed by atoms with Crippen molar-refractivity contribution in [2.24, 2.45) is 5.41 Å². The van der Waals surface area contributed by atoms with Crippen LogP contribution in [0.25, 0.3) is 0 Å². The highest BCUT2D eigenvalue weighted by molar-refractivity contribution is 5.95. The lowest BCUT2D eigenvalue weighted by Gasteiger charge is -2.51. The highest BCUT2D eigenvalue weighted by Crippen LogP contribution is 2.47. The number of amides is 1. The first-order valence-electron chi connectivity index (χ1n) is 9.65. The molecule has 28 heavy (non-hydrogen) atoms. The zero-order valence-corrected chi connectivity index (χ0v) is 17.3. The van der Waals surface area contributed by atoms with E-state index in [-0.39, 0.29) is 17.6 Å². The molecular formula is C21H30N2O5. The lowest BCUT2D eigenvalue weighted by molar-refractivity contribution is -0.150. The maximum Gasteiger partial charge on any atom is 0.410 e. The van der Waals surface area contributed by atoms with Gasteiger partial charge < -0.3 is 24.4 Å². The standard InChI is InChI=1S/C21H30N2O5/c1-20(2,3)28-19(25)23-9-8-21(12-27-13-21)11-17(23)14-6-7-15(18(24)26-5)16(10-14)22-4/h6-7,10,17,22H,8-9,11-13H2,1-5H3. The predicted molar refractivity (Wildman–Crippen MR) is 105 cm³/mol. The molecule has 2 saturated heterocycles. The molecule has 1 amide bonds. The molecule has 0 saturated carbocycles. The number of methoxy groups -OCH3 is 1. The van der Waals surface area contributed by atoms with Gasteiger partial charge in [0.1, 0.15) is 5.60 Å². The van der Waals surface area contributed by atoms with E-state index in [1.807, 2.05) is 32.9 Å². The highest BCUT2D eigenvalue weighted by atomic mass is 16.6. The van der Waals surface area contributed by atoms with Crippen molar-refractivity contribution in [3.63, 3.8) is 0 Å². The van der Waals surface area contributed by atoms with Gasteiger partial charge in [0.25, 0.3) is 0 Å². The van der Waals surface area contributed by atoms with Crippen molar-refractivity contribution in [1.29, 1.82) is 0 Å². The van der Waals surface area contributed by atoms with Crippen molar-refractivity contribution < 1.29 is 23.8 Å². The Kier molecular flexibility index (Phi) is 5.57. The van der Waals surface area contributed by atoms with Gasteiger partial charge in [-0.3, -0.25) is 0 Å². The Bertz CT molecular complexity index is 752. The molecule has 2 aliphatic heterocycles. The van der Waals surface area contributed by atoms with Gasteiger partial charge in [-0.15, -0.1) is 0 Å². The zero-order valence-electron chi connectivity index (χ0n) is 17.3. The van der Waals surface area contributed by atoms with Gasteiger partial charge in [0, 0.05) is 24.7 Å². The maximum atomic E-state index is 12.9. The number of esters is 1. The fraction of sp³-hybridized carbons (Fsp3) is 0.619. The molecule has 2 fully saturated rings. The number of benzene rings is 1. The molecule has 0 aliphatic carbocycles. The summed E-state index contributed by atoms with van der Waals surface area (Å²) in [5.74, 6) is -0.396. The van der Waals surface area contributed by atoms with Crippen LogP contribution in [0, 0.1) is 5.41 Å². The maximum absolute atomic E-state index is 12.9. The lowest BCUT2D eigenvalue weighted by Crippen LogP contribution is -2.53. The topological polar surface area (TPSA) is 77.1 Å². The molecule has 154 valence electrons. The van der Waals surface area contributed by atoms with E-state index in [0.717, 1.165) is 31.6 Å². The van der Waals surface area contributed by atoms with Crippen LogP contribution in [-0.4, -0.2) is 56.5 Å². The van der Waals surface area contributed by atoms with Gasteiger partial charge in [0.15, 0.2) is 0 Å². The van der Waals surface area contributed by atoms with Gasteiger partial charge >= 0.3 is 12.1 Å². The molecule has 0 bridgehead atoms. The molecule has 0 aromatic heterocycles. The molecule has 1 unspecified atom stereocenters. The minimum absolute atomic E-state index is 0.115. The Hall–Kier alpha value is -2.28. The number of ether oxygens (including phenoxy) is 3. The van der Waals surface area contributed by atoms with Gasteiger partial charge in [-0.25, -0.2) is 9.59 Å². The summed E-state index contributed by atoms with van der Waals surface area (Å²) in [4.78, 5) is 26.7. The SMILES string of the molecule is CNc1cc(C2CC3(CCN2C(=O)OC(C)(C)C)COC3)ccc1C(=O)OC. The number of nitrogens with zero attached hydrogens (tertiary/aromatic N) is 1. The van der Waals surface area contributed by atoms with Crippen LogP contribution in [0.2, 0.25) is 0 Å². The van der Waals surface area contributed by atoms with Gasteiger partial charge in [-0.1, -0.05) is 6.07 Å². The number of likely N-dealkylation sites (tertiary alicyclic amines) is 1. The minimum atomic E-state index is -0.554. The number of hydrogen-bond donors (Lipinski definition) is 1. The molecule has 1 atom stereocenters. The van der Waals surface area contributed by atoms with Gasteiger partial charge in [-0.2, -0.15) is 0 Å². The number of anilines is 1. The molecular weight excluding hydrogens is 360 g/mol. The number of carbonyl (C=O) groups excluding carboxylic acids is 2. The monoisotopic (exact) mass is 390 g/mol. The summed E-state index contributed by atoms with van der Waals surface area (Å²) in [6.07, 6.45) is 1.41. The fourth-order valence-corrected chi connectivity index (χ4v) is 3.89. The van der Waals surface area contributed by atoms with E-state index in [4.69, 9.17) is 14.2 Å². The number of carbonyl (C=O) groups is 2. The quantitative estimate of drug-likeness (QED) is 0.795. The van der Waals surface area contributed by atoms with Gasteiger partial charge in [0.2, 0.25) is 0 Å². The van der Waals surface area contributed by atoms with E-state index in [2.05, 4.69) is 5.32 Å². The van der Waals surface area contributed by atoms with Crippen LogP contribution in [-0.2, 0) is 14.2 Å². The predicted octanol–water partition coefficient (Wildman–Crippen LogP) is 3.60. The fourth-order valence-electron chi connectivity index (χ4n) is 3.89. The first kappa shape index (κ1) is 20.5. The van der Waals surface area contributed by atoms with E-state index in [9.17, 15) is 9.59 Å². The number of hydrogen-bond acceptors (Lipinski definition) is 6. The van der Waals surface area contributed by atoms with Crippen LogP contribution in [0.15, 0.2) is 18.2 Å². The van der Waals surface area contributed by atoms with Crippen molar-refractivity contribution in [3.05, 3.63) is 29.3 Å². The van der Waals surface area contributed by atoms with Crippen LogP contribution in [0.5, 0.6) is 0 Å². The Morgan fingerprint density at radius 3 is 2.54 bits per heavy atom. The molecule has 7 nitrogen and oxygen atoms in total. The highest BCUT2D eigenvalue weighted by Gasteiger charge is 2.47. The molecule has 1 aromatic rings. The second-order valence-corrected chi connectivity index (χ2v) is 8.68. The van der Waals surface area contributed by atoms with Gasteiger partial charge in [-0.05, 0) is 51.3 Å². The molecule has 2 aliphatic rings. The van der Waals surface area contributed by atoms with Crippen molar-refractivity contribution in [1.82, 2.24) is 4.90 Å². The second-order valence-electron chi connectivity index (χ2n) is 8.68. The summed E-state index contributed by atoms with van der Waals surface area (Å²) in [6, 6.07) is 5.44. The Morgan fingerprint density at radius 2 is 2.00 bits per heavy atom. The van der Waals surface area contributed by atoms with Crippen LogP contribution >= 0.6 is 0 Å². The van der Waals surface area contributed by atoms with E-state index in [1.165, 1.54) is 7.11 Å². The Balaban J connectivity index is 1.93. The van der Waals surface area contributed by atoms with E-state index in [1.54, 1.807) is 18.0 Å². The van der Waals surface area contributed by atoms with Crippen molar-refractivity contribution in [2.45, 2.75) is 45.3 Å². The molecule has 3 rings (SSSR count). The third-order valence-electron chi connectivity index (χ3n) is 5.43. The van der Waals surface area contributed by atoms with E-state index >= 15 is 0 Å². The largest absolute Gasteiger partial charge is 0.465 e. The van der Waals surface area contributed by atoms with Crippen molar-refractivity contribution >= 4 is 17.7 Å².